The maximum atomic E-state index is 13.7. The normalized spacial score (nSPS) is 16.5. The molecule has 1 atom stereocenters. The highest BCUT2D eigenvalue weighted by Gasteiger charge is 2.38. The number of hydrogen-bond donors (Lipinski definition) is 1. The van der Waals surface area contributed by atoms with Gasteiger partial charge < -0.3 is 9.47 Å². The topological polar surface area (TPSA) is 90.6 Å². The van der Waals surface area contributed by atoms with E-state index in [0.29, 0.717) is 23.4 Å². The molecule has 0 aliphatic carbocycles. The van der Waals surface area contributed by atoms with E-state index >= 15 is 0 Å². The summed E-state index contributed by atoms with van der Waals surface area (Å²) < 4.78 is 83.2. The minimum Gasteiger partial charge on any atom is -0.487 e. The smallest absolute Gasteiger partial charge is 0.416 e. The van der Waals surface area contributed by atoms with Gasteiger partial charge in [-0.1, -0.05) is 6.07 Å². The fourth-order valence-electron chi connectivity index (χ4n) is 4.44. The van der Waals surface area contributed by atoms with E-state index in [-0.39, 0.29) is 21.3 Å². The number of anilines is 1. The summed E-state index contributed by atoms with van der Waals surface area (Å²) in [6, 6.07) is 12.7. The van der Waals surface area contributed by atoms with E-state index in [9.17, 15) is 21.6 Å². The van der Waals surface area contributed by atoms with Crippen molar-refractivity contribution in [1.29, 1.82) is 0 Å². The van der Waals surface area contributed by atoms with Crippen molar-refractivity contribution in [1.82, 2.24) is 4.98 Å². The molecule has 5 rings (SSSR count). The number of hydrogen-bond acceptors (Lipinski definition) is 7. The molecule has 2 aromatic carbocycles. The first-order valence-corrected chi connectivity index (χ1v) is 14.4. The van der Waals surface area contributed by atoms with E-state index in [1.807, 2.05) is 13.8 Å². The number of benzene rings is 2. The fourth-order valence-corrected chi connectivity index (χ4v) is 6.25. The third-order valence-electron chi connectivity index (χ3n) is 6.23. The van der Waals surface area contributed by atoms with Crippen molar-refractivity contribution in [3.63, 3.8) is 0 Å². The largest absolute Gasteiger partial charge is 0.487 e. The van der Waals surface area contributed by atoms with Gasteiger partial charge in [0, 0.05) is 46.5 Å². The van der Waals surface area contributed by atoms with Gasteiger partial charge in [-0.25, -0.2) is 13.4 Å². The number of halogens is 3. The van der Waals surface area contributed by atoms with Crippen LogP contribution in [0.4, 0.5) is 18.3 Å². The van der Waals surface area contributed by atoms with Crippen molar-refractivity contribution in [3.8, 4) is 22.8 Å². The lowest BCUT2D eigenvalue weighted by Crippen LogP contribution is -2.42. The van der Waals surface area contributed by atoms with Crippen LogP contribution in [0.3, 0.4) is 0 Å². The fraction of sp³-hybridized carbons (Fsp3) is 0.259. The summed E-state index contributed by atoms with van der Waals surface area (Å²) in [5.74, 6) is 0.490. The second kappa shape index (κ2) is 10.3. The van der Waals surface area contributed by atoms with Crippen molar-refractivity contribution >= 4 is 26.5 Å². The molecule has 1 N–H and O–H groups in total. The molecule has 0 saturated carbocycles. The summed E-state index contributed by atoms with van der Waals surface area (Å²) in [6.45, 7) is 3.65. The van der Waals surface area contributed by atoms with E-state index in [4.69, 9.17) is 14.3 Å². The average molecular weight is 593 g/mol. The summed E-state index contributed by atoms with van der Waals surface area (Å²) >= 11 is 1.15. The standard InChI is InChI=1S/C27H25F3N3O5S2/c1-26(2)16-24(19-9-8-18(15-23(19)38-26)40(34,35)32-25-31-11-13-39-25)37-22-10-7-17(27(28,29)30)14-20(22)21-6-4-5-12-33(21)36-3/h4-15,24H,16H2,1-3H3,(H,31,32)/q+1. The molecule has 3 heterocycles. The Morgan fingerprint density at radius 3 is 2.65 bits per heavy atom. The zero-order valence-electron chi connectivity index (χ0n) is 21.6. The van der Waals surface area contributed by atoms with E-state index in [1.165, 1.54) is 36.2 Å². The van der Waals surface area contributed by atoms with Gasteiger partial charge in [0.05, 0.1) is 16.0 Å². The predicted molar refractivity (Wildman–Crippen MR) is 142 cm³/mol. The first-order valence-electron chi connectivity index (χ1n) is 12.0. The maximum absolute atomic E-state index is 13.7. The summed E-state index contributed by atoms with van der Waals surface area (Å²) in [5, 5.41) is 1.88. The highest BCUT2D eigenvalue weighted by Crippen LogP contribution is 2.45. The molecule has 210 valence electrons. The van der Waals surface area contributed by atoms with Gasteiger partial charge in [-0.15, -0.1) is 11.3 Å². The van der Waals surface area contributed by atoms with Crippen LogP contribution in [0.25, 0.3) is 11.3 Å². The van der Waals surface area contributed by atoms with E-state index in [0.717, 1.165) is 23.5 Å². The molecule has 0 amide bonds. The minimum absolute atomic E-state index is 0.0291. The molecule has 0 fully saturated rings. The molecular formula is C27H25F3N3O5S2+. The van der Waals surface area contributed by atoms with Crippen LogP contribution in [0.15, 0.2) is 77.3 Å². The molecular weight excluding hydrogens is 567 g/mol. The highest BCUT2D eigenvalue weighted by molar-refractivity contribution is 7.93. The van der Waals surface area contributed by atoms with Gasteiger partial charge in [0.15, 0.2) is 5.13 Å². The minimum atomic E-state index is -4.57. The Morgan fingerprint density at radius 2 is 1.95 bits per heavy atom. The van der Waals surface area contributed by atoms with Crippen LogP contribution in [0.5, 0.6) is 11.5 Å². The number of sulfonamides is 1. The molecule has 4 aromatic rings. The zero-order chi connectivity index (χ0) is 28.7. The number of pyridine rings is 1. The molecule has 1 aliphatic heterocycles. The van der Waals surface area contributed by atoms with Gasteiger partial charge in [0.1, 0.15) is 30.3 Å². The molecule has 2 aromatic heterocycles. The number of alkyl halides is 3. The first kappa shape index (κ1) is 27.7. The Hall–Kier alpha value is -3.84. The summed E-state index contributed by atoms with van der Waals surface area (Å²) in [6.07, 6.45) is -1.81. The van der Waals surface area contributed by atoms with Gasteiger partial charge in [-0.3, -0.25) is 9.56 Å². The lowest BCUT2D eigenvalue weighted by Gasteiger charge is -2.38. The van der Waals surface area contributed by atoms with Gasteiger partial charge in [0.25, 0.3) is 15.7 Å². The van der Waals surface area contributed by atoms with Crippen molar-refractivity contribution in [3.05, 3.63) is 83.5 Å². The van der Waals surface area contributed by atoms with Gasteiger partial charge in [-0.2, -0.15) is 13.2 Å². The van der Waals surface area contributed by atoms with E-state index in [1.54, 1.807) is 35.8 Å². The molecule has 40 heavy (non-hydrogen) atoms. The lowest BCUT2D eigenvalue weighted by atomic mass is 9.91. The first-order chi connectivity index (χ1) is 18.9. The average Bonchev–Trinajstić information content (AvgIpc) is 3.39. The number of thiazole rings is 1. The van der Waals surface area contributed by atoms with Crippen LogP contribution >= 0.6 is 11.3 Å². The number of ether oxygens (including phenoxy) is 2. The Kier molecular flexibility index (Phi) is 7.13. The van der Waals surface area contributed by atoms with Crippen molar-refractivity contribution in [2.45, 2.75) is 43.0 Å². The van der Waals surface area contributed by atoms with Gasteiger partial charge >= 0.3 is 6.18 Å². The van der Waals surface area contributed by atoms with Crippen LogP contribution in [-0.4, -0.2) is 26.1 Å². The molecule has 13 heteroatoms. The molecule has 0 saturated heterocycles. The predicted octanol–water partition coefficient (Wildman–Crippen LogP) is 5.66. The van der Waals surface area contributed by atoms with Crippen LogP contribution in [0, 0.1) is 0 Å². The summed E-state index contributed by atoms with van der Waals surface area (Å²) in [4.78, 5) is 9.27. The Morgan fingerprint density at radius 1 is 1.15 bits per heavy atom. The number of fused-ring (bicyclic) bond motifs is 1. The lowest BCUT2D eigenvalue weighted by molar-refractivity contribution is -0.876. The SMILES string of the molecule is CO[n+]1ccccc1-c1cc(C(F)(F)F)ccc1OC1CC(C)(C)Oc2cc(S(=O)(=O)Nc3nccs3)ccc21. The summed E-state index contributed by atoms with van der Waals surface area (Å²) in [5.41, 5.74) is -0.515. The van der Waals surface area contributed by atoms with E-state index in [2.05, 4.69) is 9.71 Å². The molecule has 0 bridgehead atoms. The Bertz CT molecular complexity index is 1640. The van der Waals surface area contributed by atoms with Crippen LogP contribution < -0.4 is 23.8 Å². The quantitative estimate of drug-likeness (QED) is 0.279. The Balaban J connectivity index is 1.55. The number of rotatable bonds is 7. The maximum Gasteiger partial charge on any atom is 0.416 e. The van der Waals surface area contributed by atoms with Crippen molar-refractivity contribution in [2.24, 2.45) is 0 Å². The van der Waals surface area contributed by atoms with Gasteiger partial charge in [0.2, 0.25) is 6.20 Å². The van der Waals surface area contributed by atoms with Crippen molar-refractivity contribution < 1.29 is 40.6 Å². The summed E-state index contributed by atoms with van der Waals surface area (Å²) in [7, 11) is -2.54. The third-order valence-corrected chi connectivity index (χ3v) is 8.39. The molecule has 1 unspecified atom stereocenters. The molecule has 0 radical (unpaired) electrons. The molecule has 0 spiro atoms. The number of nitrogens with zero attached hydrogens (tertiary/aromatic N) is 2. The molecule has 1 aliphatic rings. The number of aromatic nitrogens is 2. The van der Waals surface area contributed by atoms with Crippen LogP contribution in [-0.2, 0) is 16.2 Å². The van der Waals surface area contributed by atoms with Crippen LogP contribution in [0.2, 0.25) is 0 Å². The zero-order valence-corrected chi connectivity index (χ0v) is 23.2. The number of nitrogens with one attached hydrogen (secondary N) is 1. The van der Waals surface area contributed by atoms with E-state index < -0.39 is 33.5 Å². The monoisotopic (exact) mass is 592 g/mol. The van der Waals surface area contributed by atoms with Crippen molar-refractivity contribution in [2.75, 3.05) is 11.8 Å². The third kappa shape index (κ3) is 5.70. The second-order valence-corrected chi connectivity index (χ2v) is 12.2. The van der Waals surface area contributed by atoms with Crippen LogP contribution in [0.1, 0.15) is 37.5 Å². The highest BCUT2D eigenvalue weighted by atomic mass is 32.2. The molecule has 8 nitrogen and oxygen atoms in total. The Labute approximate surface area is 233 Å². The van der Waals surface area contributed by atoms with Gasteiger partial charge in [-0.05, 0) is 44.2 Å². The second-order valence-electron chi connectivity index (χ2n) is 9.62.